The first-order valence-corrected chi connectivity index (χ1v) is 9.41. The number of nitrogens with one attached hydrogen (secondary N) is 1. The van der Waals surface area contributed by atoms with E-state index in [1.807, 2.05) is 37.3 Å². The number of anilines is 1. The molecule has 0 atom stereocenters. The zero-order valence-corrected chi connectivity index (χ0v) is 16.5. The van der Waals surface area contributed by atoms with Gasteiger partial charge in [0.15, 0.2) is 0 Å². The number of aryl methyl sites for hydroxylation is 1. The third-order valence-corrected chi connectivity index (χ3v) is 4.59. The lowest BCUT2D eigenvalue weighted by Crippen LogP contribution is -2.14. The van der Waals surface area contributed by atoms with Crippen molar-refractivity contribution in [2.24, 2.45) is 0 Å². The molecule has 0 bridgehead atoms. The smallest absolute Gasteiger partial charge is 0.259 e. The topological polar surface area (TPSA) is 101 Å². The summed E-state index contributed by atoms with van der Waals surface area (Å²) in [5, 5.41) is 16.6. The van der Waals surface area contributed by atoms with Crippen molar-refractivity contribution in [3.05, 3.63) is 71.4 Å². The second kappa shape index (κ2) is 8.05. The summed E-state index contributed by atoms with van der Waals surface area (Å²) in [6.45, 7) is 4.04. The Kier molecular flexibility index (Phi) is 5.14. The number of fused-ring (bicyclic) bond motifs is 1. The van der Waals surface area contributed by atoms with Crippen LogP contribution in [-0.4, -0.2) is 22.7 Å². The van der Waals surface area contributed by atoms with Gasteiger partial charge in [0.2, 0.25) is 0 Å². The molecular formula is C23H18N4O3. The largest absolute Gasteiger partial charge is 0.492 e. The third kappa shape index (κ3) is 3.59. The Morgan fingerprint density at radius 2 is 2.00 bits per heavy atom. The maximum absolute atomic E-state index is 13.3. The predicted molar refractivity (Wildman–Crippen MR) is 112 cm³/mol. The highest BCUT2D eigenvalue weighted by molar-refractivity contribution is 6.13. The second-order valence-corrected chi connectivity index (χ2v) is 6.58. The first-order valence-electron chi connectivity index (χ1n) is 9.41. The van der Waals surface area contributed by atoms with Crippen LogP contribution in [0.5, 0.6) is 5.75 Å². The molecule has 0 fully saturated rings. The molecule has 0 aliphatic rings. The van der Waals surface area contributed by atoms with Gasteiger partial charge in [-0.05, 0) is 38.1 Å². The van der Waals surface area contributed by atoms with E-state index in [9.17, 15) is 10.1 Å². The minimum Gasteiger partial charge on any atom is -0.492 e. The van der Waals surface area contributed by atoms with Crippen molar-refractivity contribution in [1.82, 2.24) is 10.1 Å². The molecule has 4 rings (SSSR count). The average molecular weight is 398 g/mol. The van der Waals surface area contributed by atoms with Crippen LogP contribution in [0.3, 0.4) is 0 Å². The van der Waals surface area contributed by atoms with Gasteiger partial charge in [0.05, 0.1) is 46.3 Å². The van der Waals surface area contributed by atoms with E-state index >= 15 is 0 Å². The van der Waals surface area contributed by atoms with Crippen LogP contribution in [0, 0.1) is 18.3 Å². The summed E-state index contributed by atoms with van der Waals surface area (Å²) in [6, 6.07) is 18.2. The zero-order valence-electron chi connectivity index (χ0n) is 16.5. The SMILES string of the molecule is CCOc1ccc(C#N)cc1NC(=O)c1cc(-c2ccccc2)nc2onc(C)c12. The molecular weight excluding hydrogens is 380 g/mol. The Morgan fingerprint density at radius 3 is 2.73 bits per heavy atom. The first kappa shape index (κ1) is 19.2. The fraction of sp³-hybridized carbons (Fsp3) is 0.130. The Morgan fingerprint density at radius 1 is 1.20 bits per heavy atom. The maximum atomic E-state index is 13.3. The number of ether oxygens (including phenoxy) is 1. The second-order valence-electron chi connectivity index (χ2n) is 6.58. The standard InChI is InChI=1S/C23H18N4O3/c1-3-29-20-10-9-15(13-24)11-19(20)25-22(28)17-12-18(16-7-5-4-6-8-16)26-23-21(17)14(2)27-30-23/h4-12H,3H2,1-2H3,(H,25,28). The molecule has 0 unspecified atom stereocenters. The van der Waals surface area contributed by atoms with Crippen LogP contribution in [-0.2, 0) is 0 Å². The van der Waals surface area contributed by atoms with Crippen LogP contribution in [0.2, 0.25) is 0 Å². The number of benzene rings is 2. The molecule has 0 radical (unpaired) electrons. The number of amides is 1. The summed E-state index contributed by atoms with van der Waals surface area (Å²) in [4.78, 5) is 17.8. The highest BCUT2D eigenvalue weighted by Crippen LogP contribution is 2.30. The van der Waals surface area contributed by atoms with Gasteiger partial charge in [-0.25, -0.2) is 4.98 Å². The number of aromatic nitrogens is 2. The normalized spacial score (nSPS) is 10.6. The van der Waals surface area contributed by atoms with Gasteiger partial charge in [0.25, 0.3) is 11.6 Å². The molecule has 148 valence electrons. The summed E-state index contributed by atoms with van der Waals surface area (Å²) >= 11 is 0. The fourth-order valence-electron chi connectivity index (χ4n) is 3.20. The number of nitriles is 1. The molecule has 4 aromatic rings. The Hall–Kier alpha value is -4.18. The minimum atomic E-state index is -0.373. The van der Waals surface area contributed by atoms with Gasteiger partial charge in [-0.2, -0.15) is 5.26 Å². The number of pyridine rings is 1. The van der Waals surface area contributed by atoms with E-state index in [4.69, 9.17) is 9.26 Å². The fourth-order valence-corrected chi connectivity index (χ4v) is 3.20. The van der Waals surface area contributed by atoms with Crippen LogP contribution in [0.15, 0.2) is 59.1 Å². The van der Waals surface area contributed by atoms with Gasteiger partial charge in [0.1, 0.15) is 5.75 Å². The lowest BCUT2D eigenvalue weighted by atomic mass is 10.0. The molecule has 0 aliphatic carbocycles. The summed E-state index contributed by atoms with van der Waals surface area (Å²) in [5.41, 5.74) is 3.51. The van der Waals surface area contributed by atoms with Gasteiger partial charge >= 0.3 is 0 Å². The molecule has 1 amide bonds. The Labute approximate surface area is 172 Å². The van der Waals surface area contributed by atoms with E-state index in [0.717, 1.165) is 5.56 Å². The highest BCUT2D eigenvalue weighted by Gasteiger charge is 2.20. The van der Waals surface area contributed by atoms with Crippen molar-refractivity contribution in [1.29, 1.82) is 5.26 Å². The van der Waals surface area contributed by atoms with Crippen molar-refractivity contribution in [2.75, 3.05) is 11.9 Å². The molecule has 0 aliphatic heterocycles. The summed E-state index contributed by atoms with van der Waals surface area (Å²) in [5.74, 6) is 0.113. The first-order chi connectivity index (χ1) is 14.6. The van der Waals surface area contributed by atoms with Crippen LogP contribution in [0.25, 0.3) is 22.4 Å². The number of carbonyl (C=O) groups is 1. The van der Waals surface area contributed by atoms with Crippen molar-refractivity contribution >= 4 is 22.7 Å². The molecule has 2 aromatic carbocycles. The van der Waals surface area contributed by atoms with Gasteiger partial charge in [-0.1, -0.05) is 35.5 Å². The number of rotatable bonds is 5. The monoisotopic (exact) mass is 398 g/mol. The quantitative estimate of drug-likeness (QED) is 0.522. The zero-order chi connectivity index (χ0) is 21.1. The molecule has 1 N–H and O–H groups in total. The van der Waals surface area contributed by atoms with Gasteiger partial charge in [0, 0.05) is 5.56 Å². The summed E-state index contributed by atoms with van der Waals surface area (Å²) < 4.78 is 10.9. The summed E-state index contributed by atoms with van der Waals surface area (Å²) in [6.07, 6.45) is 0. The molecule has 7 heteroatoms. The molecule has 2 heterocycles. The van der Waals surface area contributed by atoms with Crippen LogP contribution < -0.4 is 10.1 Å². The van der Waals surface area contributed by atoms with Gasteiger partial charge in [-0.15, -0.1) is 0 Å². The Bertz CT molecular complexity index is 1270. The van der Waals surface area contributed by atoms with Crippen LogP contribution in [0.1, 0.15) is 28.5 Å². The van der Waals surface area contributed by atoms with E-state index < -0.39 is 0 Å². The summed E-state index contributed by atoms with van der Waals surface area (Å²) in [7, 11) is 0. The van der Waals surface area contributed by atoms with Crippen LogP contribution >= 0.6 is 0 Å². The Balaban J connectivity index is 1.80. The van der Waals surface area contributed by atoms with Gasteiger partial charge < -0.3 is 14.6 Å². The molecule has 0 saturated heterocycles. The lowest BCUT2D eigenvalue weighted by molar-refractivity contribution is 0.102. The maximum Gasteiger partial charge on any atom is 0.259 e. The van der Waals surface area contributed by atoms with Crippen molar-refractivity contribution in [3.63, 3.8) is 0 Å². The minimum absolute atomic E-state index is 0.287. The predicted octanol–water partition coefficient (Wildman–Crippen LogP) is 4.72. The lowest BCUT2D eigenvalue weighted by Gasteiger charge is -2.13. The number of hydrogen-bond acceptors (Lipinski definition) is 6. The number of nitrogens with zero attached hydrogens (tertiary/aromatic N) is 3. The van der Waals surface area contributed by atoms with E-state index in [1.54, 1.807) is 31.2 Å². The molecule has 7 nitrogen and oxygen atoms in total. The van der Waals surface area contributed by atoms with Crippen molar-refractivity contribution < 1.29 is 14.1 Å². The molecule has 2 aromatic heterocycles. The van der Waals surface area contributed by atoms with Crippen LogP contribution in [0.4, 0.5) is 5.69 Å². The van der Waals surface area contributed by atoms with Crippen molar-refractivity contribution in [3.8, 4) is 23.1 Å². The number of carbonyl (C=O) groups excluding carboxylic acids is 1. The highest BCUT2D eigenvalue weighted by atomic mass is 16.5. The molecule has 0 saturated carbocycles. The van der Waals surface area contributed by atoms with E-state index in [0.29, 0.717) is 45.9 Å². The third-order valence-electron chi connectivity index (χ3n) is 4.59. The van der Waals surface area contributed by atoms with E-state index in [-0.39, 0.29) is 11.6 Å². The molecule has 30 heavy (non-hydrogen) atoms. The van der Waals surface area contributed by atoms with E-state index in [2.05, 4.69) is 21.5 Å². The molecule has 0 spiro atoms. The van der Waals surface area contributed by atoms with Crippen molar-refractivity contribution in [2.45, 2.75) is 13.8 Å². The van der Waals surface area contributed by atoms with Gasteiger partial charge in [-0.3, -0.25) is 4.79 Å². The number of hydrogen-bond donors (Lipinski definition) is 1. The average Bonchev–Trinajstić information content (AvgIpc) is 3.15. The van der Waals surface area contributed by atoms with E-state index in [1.165, 1.54) is 0 Å².